The molecule has 0 aromatic carbocycles. The molecule has 8 heteroatoms. The topological polar surface area (TPSA) is 113 Å². The monoisotopic (exact) mass is 264 g/mol. The van der Waals surface area contributed by atoms with Gasteiger partial charge in [-0.05, 0) is 20.8 Å². The molecule has 0 atom stereocenters. The molecule has 0 radical (unpaired) electrons. The Balaban J connectivity index is 2.46. The van der Waals surface area contributed by atoms with E-state index in [-0.39, 0.29) is 24.3 Å². The highest BCUT2D eigenvalue weighted by Gasteiger charge is 2.41. The van der Waals surface area contributed by atoms with Crippen molar-refractivity contribution < 1.29 is 9.59 Å². The molecule has 4 N–H and O–H groups in total. The third-order valence-electron chi connectivity index (χ3n) is 3.03. The maximum atomic E-state index is 11.9. The predicted molar refractivity (Wildman–Crippen MR) is 69.2 cm³/mol. The maximum Gasteiger partial charge on any atom is 0.251 e. The first-order valence-corrected chi connectivity index (χ1v) is 5.79. The molecule has 2 rings (SSSR count). The molecule has 19 heavy (non-hydrogen) atoms. The number of hydrogen-bond donors (Lipinski definition) is 3. The second-order valence-corrected chi connectivity index (χ2v) is 4.86. The molecule has 0 unspecified atom stereocenters. The number of amides is 2. The standard InChI is InChI=1S/C11H16N6O2/c1-6-4-7(14-10(13-6)16-12)17-5-8(18)15-9(19)11(17,2)3/h4H,5,12H2,1-3H3,(H,13,14,16)(H,15,18,19). The van der Waals surface area contributed by atoms with Crippen LogP contribution in [0.5, 0.6) is 0 Å². The van der Waals surface area contributed by atoms with Gasteiger partial charge in [0, 0.05) is 11.8 Å². The number of nitrogen functional groups attached to an aromatic ring is 1. The summed E-state index contributed by atoms with van der Waals surface area (Å²) in [7, 11) is 0. The number of imide groups is 1. The van der Waals surface area contributed by atoms with Crippen molar-refractivity contribution in [3.8, 4) is 0 Å². The Hall–Kier alpha value is -2.22. The minimum atomic E-state index is -0.874. The molecule has 0 aliphatic carbocycles. The Morgan fingerprint density at radius 2 is 2.11 bits per heavy atom. The first-order valence-electron chi connectivity index (χ1n) is 5.79. The van der Waals surface area contributed by atoms with Gasteiger partial charge in [-0.25, -0.2) is 10.8 Å². The van der Waals surface area contributed by atoms with Crippen LogP contribution >= 0.6 is 0 Å². The highest BCUT2D eigenvalue weighted by atomic mass is 16.2. The van der Waals surface area contributed by atoms with Gasteiger partial charge in [-0.15, -0.1) is 0 Å². The van der Waals surface area contributed by atoms with Crippen molar-refractivity contribution in [3.05, 3.63) is 11.8 Å². The lowest BCUT2D eigenvalue weighted by atomic mass is 9.98. The van der Waals surface area contributed by atoms with Crippen LogP contribution in [0.3, 0.4) is 0 Å². The molecule has 0 spiro atoms. The summed E-state index contributed by atoms with van der Waals surface area (Å²) in [4.78, 5) is 33.3. The molecule has 1 aromatic heterocycles. The molecular formula is C11H16N6O2. The summed E-state index contributed by atoms with van der Waals surface area (Å²) in [5.41, 5.74) is 2.18. The van der Waals surface area contributed by atoms with Crippen molar-refractivity contribution in [1.82, 2.24) is 15.3 Å². The highest BCUT2D eigenvalue weighted by Crippen LogP contribution is 2.25. The number of nitrogens with zero attached hydrogens (tertiary/aromatic N) is 3. The van der Waals surface area contributed by atoms with Gasteiger partial charge in [-0.1, -0.05) is 0 Å². The zero-order valence-corrected chi connectivity index (χ0v) is 11.0. The molecule has 0 bridgehead atoms. The second kappa shape index (κ2) is 4.47. The number of nitrogens with two attached hydrogens (primary N) is 1. The fourth-order valence-corrected chi connectivity index (χ4v) is 1.91. The Bertz CT molecular complexity index is 542. The lowest BCUT2D eigenvalue weighted by molar-refractivity contribution is -0.135. The molecule has 102 valence electrons. The molecular weight excluding hydrogens is 248 g/mol. The first kappa shape index (κ1) is 13.2. The molecule has 1 aromatic rings. The number of hydrazine groups is 1. The fraction of sp³-hybridized carbons (Fsp3) is 0.455. The Morgan fingerprint density at radius 3 is 2.74 bits per heavy atom. The number of anilines is 2. The van der Waals surface area contributed by atoms with Crippen LogP contribution in [-0.4, -0.2) is 33.9 Å². The number of piperazine rings is 1. The van der Waals surface area contributed by atoms with Crippen LogP contribution < -0.4 is 21.5 Å². The van der Waals surface area contributed by atoms with Gasteiger partial charge in [0.15, 0.2) is 0 Å². The SMILES string of the molecule is Cc1cc(N2CC(=O)NC(=O)C2(C)C)nc(NN)n1. The van der Waals surface area contributed by atoms with Crippen molar-refractivity contribution >= 4 is 23.6 Å². The molecule has 1 aliphatic heterocycles. The largest absolute Gasteiger partial charge is 0.333 e. The summed E-state index contributed by atoms with van der Waals surface area (Å²) < 4.78 is 0. The summed E-state index contributed by atoms with van der Waals surface area (Å²) in [6.07, 6.45) is 0. The summed E-state index contributed by atoms with van der Waals surface area (Å²) in [5, 5.41) is 2.31. The molecule has 8 nitrogen and oxygen atoms in total. The Kier molecular flexibility index (Phi) is 3.11. The van der Waals surface area contributed by atoms with Crippen molar-refractivity contribution in [1.29, 1.82) is 0 Å². The van der Waals surface area contributed by atoms with E-state index in [1.54, 1.807) is 31.7 Å². The number of carbonyl (C=O) groups excluding carboxylic acids is 2. The molecule has 1 aliphatic rings. The second-order valence-electron chi connectivity index (χ2n) is 4.86. The van der Waals surface area contributed by atoms with E-state index in [2.05, 4.69) is 20.7 Å². The summed E-state index contributed by atoms with van der Waals surface area (Å²) in [6, 6.07) is 1.70. The van der Waals surface area contributed by atoms with Crippen LogP contribution in [0.1, 0.15) is 19.5 Å². The Labute approximate surface area is 110 Å². The van der Waals surface area contributed by atoms with Gasteiger partial charge in [0.25, 0.3) is 5.91 Å². The molecule has 2 amide bonds. The molecule has 2 heterocycles. The number of hydrogen-bond acceptors (Lipinski definition) is 7. The van der Waals surface area contributed by atoms with Crippen molar-refractivity contribution in [2.45, 2.75) is 26.3 Å². The van der Waals surface area contributed by atoms with E-state index in [1.807, 2.05) is 0 Å². The van der Waals surface area contributed by atoms with E-state index in [0.717, 1.165) is 0 Å². The zero-order chi connectivity index (χ0) is 14.2. The van der Waals surface area contributed by atoms with Gasteiger partial charge >= 0.3 is 0 Å². The predicted octanol–water partition coefficient (Wildman–Crippen LogP) is -0.688. The Morgan fingerprint density at radius 1 is 1.42 bits per heavy atom. The third kappa shape index (κ3) is 2.34. The van der Waals surface area contributed by atoms with E-state index in [1.165, 1.54) is 0 Å². The normalized spacial score (nSPS) is 18.2. The fourth-order valence-electron chi connectivity index (χ4n) is 1.91. The van der Waals surface area contributed by atoms with Crippen LogP contribution in [0.4, 0.5) is 11.8 Å². The summed E-state index contributed by atoms with van der Waals surface area (Å²) in [6.45, 7) is 5.29. The van der Waals surface area contributed by atoms with Gasteiger partial charge in [0.05, 0.1) is 6.54 Å². The smallest absolute Gasteiger partial charge is 0.251 e. The average Bonchev–Trinajstić information content (AvgIpc) is 2.33. The summed E-state index contributed by atoms with van der Waals surface area (Å²) >= 11 is 0. The molecule has 1 fully saturated rings. The third-order valence-corrected chi connectivity index (χ3v) is 3.03. The van der Waals surface area contributed by atoms with E-state index in [9.17, 15) is 9.59 Å². The van der Waals surface area contributed by atoms with E-state index in [4.69, 9.17) is 5.84 Å². The van der Waals surface area contributed by atoms with E-state index < -0.39 is 5.54 Å². The summed E-state index contributed by atoms with van der Waals surface area (Å²) in [5.74, 6) is 5.30. The average molecular weight is 264 g/mol. The van der Waals surface area contributed by atoms with Gasteiger partial charge in [0.1, 0.15) is 11.4 Å². The number of carbonyl (C=O) groups is 2. The minimum absolute atomic E-state index is 0.0548. The van der Waals surface area contributed by atoms with Crippen molar-refractivity contribution in [3.63, 3.8) is 0 Å². The zero-order valence-electron chi connectivity index (χ0n) is 11.0. The van der Waals surface area contributed by atoms with Crippen LogP contribution in [0.2, 0.25) is 0 Å². The van der Waals surface area contributed by atoms with Crippen LogP contribution in [-0.2, 0) is 9.59 Å². The van der Waals surface area contributed by atoms with Crippen molar-refractivity contribution in [2.75, 3.05) is 16.9 Å². The highest BCUT2D eigenvalue weighted by molar-refractivity contribution is 6.06. The first-order chi connectivity index (χ1) is 8.84. The lowest BCUT2D eigenvalue weighted by Gasteiger charge is -2.40. The number of aryl methyl sites for hydroxylation is 1. The molecule has 0 saturated carbocycles. The number of nitrogens with one attached hydrogen (secondary N) is 2. The minimum Gasteiger partial charge on any atom is -0.333 e. The van der Waals surface area contributed by atoms with Gasteiger partial charge < -0.3 is 4.90 Å². The number of aromatic nitrogens is 2. The van der Waals surface area contributed by atoms with E-state index in [0.29, 0.717) is 11.5 Å². The lowest BCUT2D eigenvalue weighted by Crippen LogP contribution is -2.64. The van der Waals surface area contributed by atoms with Gasteiger partial charge in [-0.3, -0.25) is 20.3 Å². The van der Waals surface area contributed by atoms with Gasteiger partial charge in [-0.2, -0.15) is 4.98 Å². The quantitative estimate of drug-likeness (QED) is 0.368. The van der Waals surface area contributed by atoms with Crippen LogP contribution in [0, 0.1) is 6.92 Å². The van der Waals surface area contributed by atoms with Gasteiger partial charge in [0.2, 0.25) is 11.9 Å². The van der Waals surface area contributed by atoms with Crippen LogP contribution in [0.25, 0.3) is 0 Å². The van der Waals surface area contributed by atoms with E-state index >= 15 is 0 Å². The number of rotatable bonds is 2. The molecule has 1 saturated heterocycles. The van der Waals surface area contributed by atoms with Crippen LogP contribution in [0.15, 0.2) is 6.07 Å². The van der Waals surface area contributed by atoms with Crippen molar-refractivity contribution in [2.24, 2.45) is 5.84 Å². The maximum absolute atomic E-state index is 11.9.